The standard InChI is InChI=1S/C24H20BrF2N3O/c1-30-20-11-10-14(25)12-17(20)23(15-6-2-4-8-18(15)26)29-13-21(30)22(28)24(31)16-7-3-5-9-19(16)27/h2-12,21-22H,13,28H2,1H3. The maximum Gasteiger partial charge on any atom is 0.184 e. The van der Waals surface area contributed by atoms with E-state index >= 15 is 0 Å². The van der Waals surface area contributed by atoms with Crippen molar-refractivity contribution in [3.63, 3.8) is 0 Å². The van der Waals surface area contributed by atoms with Gasteiger partial charge in [0.1, 0.15) is 11.6 Å². The highest BCUT2D eigenvalue weighted by Gasteiger charge is 2.33. The van der Waals surface area contributed by atoms with Crippen molar-refractivity contribution >= 4 is 33.1 Å². The number of Topliss-reactive ketones (excluding diaryl/α,β-unsaturated/α-hetero) is 1. The normalized spacial score (nSPS) is 16.9. The summed E-state index contributed by atoms with van der Waals surface area (Å²) >= 11 is 3.47. The lowest BCUT2D eigenvalue weighted by Gasteiger charge is -2.32. The minimum Gasteiger partial charge on any atom is -0.367 e. The predicted molar refractivity (Wildman–Crippen MR) is 122 cm³/mol. The summed E-state index contributed by atoms with van der Waals surface area (Å²) in [5.41, 5.74) is 8.61. The molecule has 158 valence electrons. The monoisotopic (exact) mass is 483 g/mol. The van der Waals surface area contributed by atoms with Crippen LogP contribution < -0.4 is 10.6 Å². The first-order valence-electron chi connectivity index (χ1n) is 9.75. The molecule has 0 saturated heterocycles. The van der Waals surface area contributed by atoms with Crippen LogP contribution in [0.5, 0.6) is 0 Å². The topological polar surface area (TPSA) is 58.7 Å². The molecule has 0 fully saturated rings. The van der Waals surface area contributed by atoms with Crippen molar-refractivity contribution in [2.24, 2.45) is 10.7 Å². The molecule has 0 spiro atoms. The van der Waals surface area contributed by atoms with E-state index in [9.17, 15) is 13.6 Å². The molecule has 1 aliphatic heterocycles. The van der Waals surface area contributed by atoms with Gasteiger partial charge in [0.2, 0.25) is 0 Å². The summed E-state index contributed by atoms with van der Waals surface area (Å²) in [6.07, 6.45) is 0. The fraction of sp³-hybridized carbons (Fsp3) is 0.167. The number of nitrogens with two attached hydrogens (primary N) is 1. The fourth-order valence-electron chi connectivity index (χ4n) is 3.83. The molecule has 0 aliphatic carbocycles. The van der Waals surface area contributed by atoms with Gasteiger partial charge in [-0.15, -0.1) is 0 Å². The first kappa shape index (κ1) is 21.3. The molecule has 3 aromatic rings. The van der Waals surface area contributed by atoms with Gasteiger partial charge in [0.05, 0.1) is 29.9 Å². The smallest absolute Gasteiger partial charge is 0.184 e. The number of carbonyl (C=O) groups is 1. The van der Waals surface area contributed by atoms with Crippen molar-refractivity contribution < 1.29 is 13.6 Å². The minimum absolute atomic E-state index is 0.0537. The molecule has 0 radical (unpaired) electrons. The van der Waals surface area contributed by atoms with Gasteiger partial charge < -0.3 is 10.6 Å². The first-order valence-corrected chi connectivity index (χ1v) is 10.5. The third kappa shape index (κ3) is 4.03. The van der Waals surface area contributed by atoms with Crippen molar-refractivity contribution in [1.82, 2.24) is 0 Å². The Balaban J connectivity index is 1.79. The van der Waals surface area contributed by atoms with E-state index in [-0.39, 0.29) is 17.9 Å². The van der Waals surface area contributed by atoms with Gasteiger partial charge in [-0.05, 0) is 42.5 Å². The Hall–Kier alpha value is -2.90. The van der Waals surface area contributed by atoms with Crippen molar-refractivity contribution in [3.8, 4) is 0 Å². The maximum atomic E-state index is 14.6. The van der Waals surface area contributed by atoms with Crippen LogP contribution in [0.2, 0.25) is 0 Å². The summed E-state index contributed by atoms with van der Waals surface area (Å²) in [7, 11) is 1.81. The van der Waals surface area contributed by atoms with Gasteiger partial charge in [-0.2, -0.15) is 0 Å². The van der Waals surface area contributed by atoms with Crippen LogP contribution in [0, 0.1) is 11.6 Å². The fourth-order valence-corrected chi connectivity index (χ4v) is 4.19. The molecule has 3 aromatic carbocycles. The molecule has 7 heteroatoms. The summed E-state index contributed by atoms with van der Waals surface area (Å²) in [5.74, 6) is -1.50. The molecule has 1 aliphatic rings. The van der Waals surface area contributed by atoms with E-state index in [1.54, 1.807) is 24.3 Å². The number of rotatable bonds is 4. The molecule has 4 nitrogen and oxygen atoms in total. The van der Waals surface area contributed by atoms with E-state index in [4.69, 9.17) is 5.73 Å². The van der Waals surface area contributed by atoms with Crippen molar-refractivity contribution in [1.29, 1.82) is 0 Å². The van der Waals surface area contributed by atoms with Crippen LogP contribution in [0.25, 0.3) is 0 Å². The third-order valence-electron chi connectivity index (χ3n) is 5.51. The number of ketones is 1. The average Bonchev–Trinajstić information content (AvgIpc) is 2.90. The van der Waals surface area contributed by atoms with Gasteiger partial charge in [0.25, 0.3) is 0 Å². The summed E-state index contributed by atoms with van der Waals surface area (Å²) in [5, 5.41) is 0. The zero-order valence-electron chi connectivity index (χ0n) is 16.7. The number of anilines is 1. The van der Waals surface area contributed by atoms with E-state index in [1.165, 1.54) is 24.3 Å². The van der Waals surface area contributed by atoms with Crippen molar-refractivity contribution in [2.75, 3.05) is 18.5 Å². The number of hydrogen-bond acceptors (Lipinski definition) is 4. The van der Waals surface area contributed by atoms with Crippen LogP contribution in [-0.2, 0) is 0 Å². The zero-order valence-corrected chi connectivity index (χ0v) is 18.3. The second kappa shape index (κ2) is 8.69. The van der Waals surface area contributed by atoms with Crippen LogP contribution >= 0.6 is 15.9 Å². The zero-order chi connectivity index (χ0) is 22.1. The molecule has 4 rings (SSSR count). The SMILES string of the molecule is CN1c2ccc(Br)cc2C(c2ccccc2F)=NCC1C(N)C(=O)c1ccccc1F. The van der Waals surface area contributed by atoms with E-state index in [0.29, 0.717) is 11.3 Å². The van der Waals surface area contributed by atoms with Gasteiger partial charge in [-0.25, -0.2) is 8.78 Å². The lowest BCUT2D eigenvalue weighted by molar-refractivity contribution is 0.0945. The molecule has 31 heavy (non-hydrogen) atoms. The van der Waals surface area contributed by atoms with Crippen LogP contribution in [0.15, 0.2) is 76.2 Å². The van der Waals surface area contributed by atoms with Crippen LogP contribution in [-0.4, -0.2) is 37.2 Å². The molecule has 2 unspecified atom stereocenters. The van der Waals surface area contributed by atoms with E-state index in [2.05, 4.69) is 20.9 Å². The van der Waals surface area contributed by atoms with E-state index in [1.807, 2.05) is 30.1 Å². The predicted octanol–water partition coefficient (Wildman–Crippen LogP) is 4.59. The minimum atomic E-state index is -1.03. The first-order chi connectivity index (χ1) is 14.9. The summed E-state index contributed by atoms with van der Waals surface area (Å²) in [6.45, 7) is 0.147. The molecule has 0 aromatic heterocycles. The largest absolute Gasteiger partial charge is 0.367 e. The van der Waals surface area contributed by atoms with Crippen molar-refractivity contribution in [2.45, 2.75) is 12.1 Å². The molecule has 1 heterocycles. The van der Waals surface area contributed by atoms with Gasteiger partial charge in [-0.3, -0.25) is 9.79 Å². The molecular weight excluding hydrogens is 464 g/mol. The number of hydrogen-bond donors (Lipinski definition) is 1. The highest BCUT2D eigenvalue weighted by Crippen LogP contribution is 2.32. The summed E-state index contributed by atoms with van der Waals surface area (Å²) in [6, 6.07) is 16.2. The highest BCUT2D eigenvalue weighted by atomic mass is 79.9. The lowest BCUT2D eigenvalue weighted by Crippen LogP contribution is -2.52. The number of benzodiazepines with no additional fused rings is 1. The third-order valence-corrected chi connectivity index (χ3v) is 6.01. The Morgan fingerprint density at radius 3 is 2.45 bits per heavy atom. The van der Waals surface area contributed by atoms with Gasteiger partial charge >= 0.3 is 0 Å². The average molecular weight is 484 g/mol. The maximum absolute atomic E-state index is 14.6. The molecule has 2 atom stereocenters. The molecule has 2 N–H and O–H groups in total. The lowest BCUT2D eigenvalue weighted by atomic mass is 9.96. The Kier molecular flexibility index (Phi) is 5.98. The molecule has 0 bridgehead atoms. The quantitative estimate of drug-likeness (QED) is 0.552. The van der Waals surface area contributed by atoms with Gasteiger partial charge in [0, 0.05) is 28.3 Å². The Labute approximate surface area is 187 Å². The number of benzene rings is 3. The number of likely N-dealkylation sites (N-methyl/N-ethyl adjacent to an activating group) is 1. The van der Waals surface area contributed by atoms with E-state index < -0.39 is 23.7 Å². The number of fused-ring (bicyclic) bond motifs is 1. The molecule has 0 amide bonds. The number of aliphatic imine (C=N–C) groups is 1. The number of carbonyl (C=O) groups excluding carboxylic acids is 1. The van der Waals surface area contributed by atoms with Crippen molar-refractivity contribution in [3.05, 3.63) is 99.5 Å². The second-order valence-electron chi connectivity index (χ2n) is 7.38. The van der Waals surface area contributed by atoms with Crippen LogP contribution in [0.3, 0.4) is 0 Å². The summed E-state index contributed by atoms with van der Waals surface area (Å²) in [4.78, 5) is 19.5. The number of nitrogens with zero attached hydrogens (tertiary/aromatic N) is 2. The van der Waals surface area contributed by atoms with E-state index in [0.717, 1.165) is 15.7 Å². The molecular formula is C24H20BrF2N3O. The van der Waals surface area contributed by atoms with Gasteiger partial charge in [-0.1, -0.05) is 40.2 Å². The molecule has 0 saturated carbocycles. The number of halogens is 3. The van der Waals surface area contributed by atoms with Crippen LogP contribution in [0.4, 0.5) is 14.5 Å². The Morgan fingerprint density at radius 2 is 1.74 bits per heavy atom. The Bertz CT molecular complexity index is 1180. The Morgan fingerprint density at radius 1 is 1.06 bits per heavy atom. The second-order valence-corrected chi connectivity index (χ2v) is 8.29. The highest BCUT2D eigenvalue weighted by molar-refractivity contribution is 9.10. The summed E-state index contributed by atoms with van der Waals surface area (Å²) < 4.78 is 29.6. The van der Waals surface area contributed by atoms with Crippen LogP contribution in [0.1, 0.15) is 21.5 Å². The van der Waals surface area contributed by atoms with Gasteiger partial charge in [0.15, 0.2) is 5.78 Å².